The molecule has 146 valence electrons. The molecule has 1 N–H and O–H groups in total. The van der Waals surface area contributed by atoms with Crippen LogP contribution in [0.3, 0.4) is 0 Å². The largest absolute Gasteiger partial charge is 0.497 e. The molecule has 2 heterocycles. The van der Waals surface area contributed by atoms with E-state index in [-0.39, 0.29) is 29.1 Å². The number of nitrogens with zero attached hydrogens (tertiary/aromatic N) is 2. The molecule has 2 aromatic rings. The Hall–Kier alpha value is -2.39. The molecule has 27 heavy (non-hydrogen) atoms. The predicted octanol–water partition coefficient (Wildman–Crippen LogP) is 1.29. The zero-order valence-corrected chi connectivity index (χ0v) is 16.2. The molecule has 0 aliphatic carbocycles. The van der Waals surface area contributed by atoms with Crippen LogP contribution in [0.2, 0.25) is 0 Å². The second kappa shape index (κ2) is 8.10. The number of nitrogens with one attached hydrogen (secondary N) is 1. The first-order chi connectivity index (χ1) is 12.9. The summed E-state index contributed by atoms with van der Waals surface area (Å²) in [4.78, 5) is 12.4. The van der Waals surface area contributed by atoms with Crippen LogP contribution in [-0.2, 0) is 14.6 Å². The molecule has 1 aliphatic rings. The second-order valence-electron chi connectivity index (χ2n) is 6.39. The number of amides is 1. The smallest absolute Gasteiger partial charge is 0.271 e. The Labute approximate surface area is 158 Å². The number of aromatic nitrogens is 2. The van der Waals surface area contributed by atoms with Gasteiger partial charge in [-0.15, -0.1) is 0 Å². The van der Waals surface area contributed by atoms with Crippen LogP contribution < -0.4 is 10.1 Å². The number of ether oxygens (including phenoxy) is 2. The average molecular weight is 393 g/mol. The highest BCUT2D eigenvalue weighted by molar-refractivity contribution is 7.91. The molecule has 1 aliphatic heterocycles. The van der Waals surface area contributed by atoms with E-state index in [2.05, 4.69) is 10.4 Å². The van der Waals surface area contributed by atoms with Gasteiger partial charge < -0.3 is 14.8 Å². The molecule has 1 unspecified atom stereocenters. The summed E-state index contributed by atoms with van der Waals surface area (Å²) in [6, 6.07) is 8.76. The van der Waals surface area contributed by atoms with Crippen LogP contribution in [0.4, 0.5) is 0 Å². The maximum absolute atomic E-state index is 12.4. The van der Waals surface area contributed by atoms with Gasteiger partial charge in [-0.3, -0.25) is 9.48 Å². The Balaban J connectivity index is 1.94. The molecule has 8 nitrogen and oxygen atoms in total. The van der Waals surface area contributed by atoms with E-state index < -0.39 is 9.84 Å². The summed E-state index contributed by atoms with van der Waals surface area (Å²) in [5.41, 5.74) is 1.79. The third-order valence-electron chi connectivity index (χ3n) is 4.50. The summed E-state index contributed by atoms with van der Waals surface area (Å²) in [7, 11) is 0.0674. The highest BCUT2D eigenvalue weighted by atomic mass is 32.2. The van der Waals surface area contributed by atoms with E-state index in [9.17, 15) is 13.2 Å². The average Bonchev–Trinajstić information content (AvgIpc) is 3.25. The third kappa shape index (κ3) is 4.48. The molecule has 0 spiro atoms. The summed E-state index contributed by atoms with van der Waals surface area (Å²) in [6.45, 7) is 0.774. The summed E-state index contributed by atoms with van der Waals surface area (Å²) >= 11 is 0. The van der Waals surface area contributed by atoms with Gasteiger partial charge in [0, 0.05) is 19.2 Å². The molecule has 1 fully saturated rings. The van der Waals surface area contributed by atoms with Gasteiger partial charge in [0.1, 0.15) is 5.75 Å². The van der Waals surface area contributed by atoms with E-state index in [1.807, 2.05) is 24.3 Å². The molecule has 0 saturated carbocycles. The van der Waals surface area contributed by atoms with Gasteiger partial charge in [0.25, 0.3) is 5.91 Å². The molecule has 1 amide bonds. The van der Waals surface area contributed by atoms with Crippen molar-refractivity contribution in [2.75, 3.05) is 38.9 Å². The van der Waals surface area contributed by atoms with Crippen LogP contribution in [0, 0.1) is 0 Å². The molecule has 0 bridgehead atoms. The highest BCUT2D eigenvalue weighted by Crippen LogP contribution is 2.30. The third-order valence-corrected chi connectivity index (χ3v) is 6.25. The van der Waals surface area contributed by atoms with Crippen LogP contribution in [0.5, 0.6) is 5.75 Å². The van der Waals surface area contributed by atoms with Crippen LogP contribution >= 0.6 is 0 Å². The first kappa shape index (κ1) is 19.4. The SMILES string of the molecule is COCCNC(=O)c1cc(-c2ccc(OC)cc2)n(C2CCS(=O)(=O)C2)n1. The van der Waals surface area contributed by atoms with Crippen molar-refractivity contribution in [2.45, 2.75) is 12.5 Å². The summed E-state index contributed by atoms with van der Waals surface area (Å²) < 4.78 is 35.6. The number of carbonyl (C=O) groups excluding carboxylic acids is 1. The van der Waals surface area contributed by atoms with E-state index in [0.717, 1.165) is 5.56 Å². The minimum absolute atomic E-state index is 0.0303. The Bertz CT molecular complexity index is 906. The van der Waals surface area contributed by atoms with Gasteiger partial charge >= 0.3 is 0 Å². The van der Waals surface area contributed by atoms with E-state index >= 15 is 0 Å². The van der Waals surface area contributed by atoms with Gasteiger partial charge in [0.15, 0.2) is 15.5 Å². The lowest BCUT2D eigenvalue weighted by Gasteiger charge is -2.13. The molecule has 3 rings (SSSR count). The Morgan fingerprint density at radius 3 is 2.63 bits per heavy atom. The van der Waals surface area contributed by atoms with Gasteiger partial charge in [0.2, 0.25) is 0 Å². The van der Waals surface area contributed by atoms with Crippen molar-refractivity contribution in [1.29, 1.82) is 0 Å². The molecule has 1 saturated heterocycles. The van der Waals surface area contributed by atoms with Crippen LogP contribution in [0.1, 0.15) is 23.0 Å². The van der Waals surface area contributed by atoms with Crippen molar-refractivity contribution >= 4 is 15.7 Å². The van der Waals surface area contributed by atoms with Gasteiger partial charge in [-0.05, 0) is 36.8 Å². The van der Waals surface area contributed by atoms with Gasteiger partial charge in [0.05, 0.1) is 37.0 Å². The van der Waals surface area contributed by atoms with Crippen LogP contribution in [0.15, 0.2) is 30.3 Å². The van der Waals surface area contributed by atoms with Crippen molar-refractivity contribution in [2.24, 2.45) is 0 Å². The Morgan fingerprint density at radius 2 is 2.04 bits per heavy atom. The van der Waals surface area contributed by atoms with Gasteiger partial charge in [-0.1, -0.05) is 0 Å². The number of hydrogen-bond donors (Lipinski definition) is 1. The van der Waals surface area contributed by atoms with Crippen molar-refractivity contribution in [3.05, 3.63) is 36.0 Å². The summed E-state index contributed by atoms with van der Waals surface area (Å²) in [5.74, 6) is 0.560. The van der Waals surface area contributed by atoms with E-state index in [1.54, 1.807) is 25.0 Å². The standard InChI is InChI=1S/C18H23N3O5S/c1-25-9-8-19-18(22)16-11-17(13-3-5-15(26-2)6-4-13)21(20-16)14-7-10-27(23,24)12-14/h3-6,11,14H,7-10,12H2,1-2H3,(H,19,22). The normalized spacial score (nSPS) is 18.4. The van der Waals surface area contributed by atoms with Crippen LogP contribution in [0.25, 0.3) is 11.3 Å². The maximum atomic E-state index is 12.4. The quantitative estimate of drug-likeness (QED) is 0.712. The number of rotatable bonds is 7. The highest BCUT2D eigenvalue weighted by Gasteiger charge is 2.32. The lowest BCUT2D eigenvalue weighted by molar-refractivity contribution is 0.0931. The lowest BCUT2D eigenvalue weighted by Crippen LogP contribution is -2.27. The summed E-state index contributed by atoms with van der Waals surface area (Å²) in [5, 5.41) is 7.16. The second-order valence-corrected chi connectivity index (χ2v) is 8.62. The molecule has 1 atom stereocenters. The predicted molar refractivity (Wildman–Crippen MR) is 101 cm³/mol. The molecule has 1 aromatic carbocycles. The molecule has 0 radical (unpaired) electrons. The maximum Gasteiger partial charge on any atom is 0.271 e. The van der Waals surface area contributed by atoms with E-state index in [1.165, 1.54) is 0 Å². The number of carbonyl (C=O) groups is 1. The molecule has 1 aromatic heterocycles. The van der Waals surface area contributed by atoms with Gasteiger partial charge in [-0.25, -0.2) is 8.42 Å². The number of hydrogen-bond acceptors (Lipinski definition) is 6. The first-order valence-electron chi connectivity index (χ1n) is 8.65. The monoisotopic (exact) mass is 393 g/mol. The zero-order valence-electron chi connectivity index (χ0n) is 15.3. The fraction of sp³-hybridized carbons (Fsp3) is 0.444. The van der Waals surface area contributed by atoms with Crippen molar-refractivity contribution in [3.63, 3.8) is 0 Å². The zero-order chi connectivity index (χ0) is 19.4. The topological polar surface area (TPSA) is 99.5 Å². The van der Waals surface area contributed by atoms with Crippen molar-refractivity contribution in [1.82, 2.24) is 15.1 Å². The Kier molecular flexibility index (Phi) is 5.81. The van der Waals surface area contributed by atoms with E-state index in [4.69, 9.17) is 9.47 Å². The fourth-order valence-electron chi connectivity index (χ4n) is 3.09. The molecular weight excluding hydrogens is 370 g/mol. The fourth-order valence-corrected chi connectivity index (χ4v) is 4.78. The first-order valence-corrected chi connectivity index (χ1v) is 10.5. The van der Waals surface area contributed by atoms with E-state index in [0.29, 0.717) is 31.0 Å². The van der Waals surface area contributed by atoms with Crippen molar-refractivity contribution < 1.29 is 22.7 Å². The van der Waals surface area contributed by atoms with Gasteiger partial charge in [-0.2, -0.15) is 5.10 Å². The lowest BCUT2D eigenvalue weighted by atomic mass is 10.1. The number of benzene rings is 1. The minimum atomic E-state index is -3.08. The minimum Gasteiger partial charge on any atom is -0.497 e. The van der Waals surface area contributed by atoms with Crippen molar-refractivity contribution in [3.8, 4) is 17.0 Å². The number of methoxy groups -OCH3 is 2. The van der Waals surface area contributed by atoms with Crippen LogP contribution in [-0.4, -0.2) is 63.0 Å². The summed E-state index contributed by atoms with van der Waals surface area (Å²) in [6.07, 6.45) is 0.484. The Morgan fingerprint density at radius 1 is 1.30 bits per heavy atom. The number of sulfone groups is 1. The molecule has 9 heteroatoms. The molecular formula is C18H23N3O5S.